The summed E-state index contributed by atoms with van der Waals surface area (Å²) in [5, 5.41) is 10.8. The first-order valence-electron chi connectivity index (χ1n) is 7.06. The van der Waals surface area contributed by atoms with Gasteiger partial charge >= 0.3 is 0 Å². The van der Waals surface area contributed by atoms with Crippen LogP contribution in [0, 0.1) is 10.1 Å². The van der Waals surface area contributed by atoms with Crippen molar-refractivity contribution in [3.8, 4) is 0 Å². The van der Waals surface area contributed by atoms with Gasteiger partial charge in [-0.1, -0.05) is 36.4 Å². The molecular weight excluding hydrogens is 310 g/mol. The van der Waals surface area contributed by atoms with Crippen molar-refractivity contribution >= 4 is 23.1 Å². The summed E-state index contributed by atoms with van der Waals surface area (Å²) in [6.07, 6.45) is 1.35. The van der Waals surface area contributed by atoms with Crippen LogP contribution < -0.4 is 10.9 Å². The number of amides is 1. The van der Waals surface area contributed by atoms with E-state index in [-0.39, 0.29) is 17.0 Å². The second kappa shape index (κ2) is 7.68. The highest BCUT2D eigenvalue weighted by molar-refractivity contribution is 5.97. The average molecular weight is 325 g/mol. The topological polar surface area (TPSA) is 101 Å². The van der Waals surface area contributed by atoms with E-state index in [0.29, 0.717) is 11.3 Å². The molecule has 0 aliphatic rings. The Morgan fingerprint density at radius 3 is 2.29 bits per heavy atom. The molecule has 1 amide bonds. The van der Waals surface area contributed by atoms with E-state index in [2.05, 4.69) is 10.9 Å². The quantitative estimate of drug-likeness (QED) is 0.482. The second-order valence-corrected chi connectivity index (χ2v) is 4.92. The third kappa shape index (κ3) is 4.51. The van der Waals surface area contributed by atoms with Gasteiger partial charge in [0, 0.05) is 23.8 Å². The molecule has 122 valence electrons. The summed E-state index contributed by atoms with van der Waals surface area (Å²) >= 11 is 0. The minimum atomic E-state index is -0.574. The maximum absolute atomic E-state index is 12.1. The Kier molecular flexibility index (Phi) is 5.40. The number of hydrogen-bond acceptors (Lipinski definition) is 5. The lowest BCUT2D eigenvalue weighted by Crippen LogP contribution is -2.36. The maximum atomic E-state index is 12.1. The van der Waals surface area contributed by atoms with Gasteiger partial charge in [-0.05, 0) is 18.6 Å². The number of nitrogens with zero attached hydrogens (tertiary/aromatic N) is 1. The van der Waals surface area contributed by atoms with E-state index in [0.717, 1.165) is 0 Å². The van der Waals surface area contributed by atoms with Crippen LogP contribution in [-0.2, 0) is 4.79 Å². The van der Waals surface area contributed by atoms with Crippen LogP contribution in [0.3, 0.4) is 0 Å². The molecule has 0 saturated carbocycles. The van der Waals surface area contributed by atoms with Gasteiger partial charge < -0.3 is 0 Å². The number of carbonyl (C=O) groups is 2. The highest BCUT2D eigenvalue weighted by Gasteiger charge is 2.12. The Balaban J connectivity index is 2.15. The minimum Gasteiger partial charge on any atom is -0.298 e. The van der Waals surface area contributed by atoms with Gasteiger partial charge in [-0.3, -0.25) is 30.6 Å². The molecular formula is C17H15N3O4. The fourth-order valence-electron chi connectivity index (χ4n) is 1.97. The summed E-state index contributed by atoms with van der Waals surface area (Å²) in [6, 6.07) is 14.3. The number of allylic oxidation sites excluding steroid dienone is 1. The lowest BCUT2D eigenvalue weighted by atomic mass is 10.1. The fourth-order valence-corrected chi connectivity index (χ4v) is 1.97. The number of non-ortho nitro benzene ring substituents is 1. The molecule has 0 heterocycles. The van der Waals surface area contributed by atoms with Crippen molar-refractivity contribution < 1.29 is 14.5 Å². The number of benzene rings is 2. The van der Waals surface area contributed by atoms with Crippen LogP contribution in [0.1, 0.15) is 22.8 Å². The number of hydrogen-bond donors (Lipinski definition) is 2. The average Bonchev–Trinajstić information content (AvgIpc) is 2.58. The van der Waals surface area contributed by atoms with Gasteiger partial charge in [0.1, 0.15) is 0 Å². The van der Waals surface area contributed by atoms with E-state index >= 15 is 0 Å². The first kappa shape index (κ1) is 16.9. The fraction of sp³-hybridized carbons (Fsp3) is 0.0588. The van der Waals surface area contributed by atoms with Crippen molar-refractivity contribution in [2.24, 2.45) is 0 Å². The molecule has 24 heavy (non-hydrogen) atoms. The molecule has 0 saturated heterocycles. The van der Waals surface area contributed by atoms with E-state index in [1.807, 2.05) is 6.07 Å². The number of nitro benzene ring substituents is 1. The predicted octanol–water partition coefficient (Wildman–Crippen LogP) is 2.46. The largest absolute Gasteiger partial charge is 0.298 e. The minimum absolute atomic E-state index is 0.131. The van der Waals surface area contributed by atoms with Gasteiger partial charge in [-0.25, -0.2) is 0 Å². The number of nitrogens with one attached hydrogen (secondary N) is 2. The SMILES string of the molecule is CC(=O)/C=C(/NNC(=O)c1cccc([N+](=O)[O-])c1)c1ccccc1. The predicted molar refractivity (Wildman–Crippen MR) is 88.8 cm³/mol. The van der Waals surface area contributed by atoms with Crippen LogP contribution in [-0.4, -0.2) is 16.6 Å². The number of hydrazine groups is 1. The van der Waals surface area contributed by atoms with Crippen LogP contribution in [0.25, 0.3) is 5.70 Å². The van der Waals surface area contributed by atoms with Crippen molar-refractivity contribution in [3.63, 3.8) is 0 Å². The van der Waals surface area contributed by atoms with E-state index in [1.54, 1.807) is 24.3 Å². The zero-order valence-electron chi connectivity index (χ0n) is 12.9. The smallest absolute Gasteiger partial charge is 0.270 e. The highest BCUT2D eigenvalue weighted by atomic mass is 16.6. The zero-order valence-corrected chi connectivity index (χ0v) is 12.9. The summed E-state index contributed by atoms with van der Waals surface area (Å²) in [4.78, 5) is 33.7. The van der Waals surface area contributed by atoms with Gasteiger partial charge in [-0.15, -0.1) is 0 Å². The second-order valence-electron chi connectivity index (χ2n) is 4.92. The summed E-state index contributed by atoms with van der Waals surface area (Å²) in [5.74, 6) is -0.741. The normalized spacial score (nSPS) is 10.8. The molecule has 0 radical (unpaired) electrons. The molecule has 2 rings (SSSR count). The lowest BCUT2D eigenvalue weighted by Gasteiger charge is -2.12. The van der Waals surface area contributed by atoms with Crippen LogP contribution in [0.4, 0.5) is 5.69 Å². The van der Waals surface area contributed by atoms with Crippen molar-refractivity contribution in [1.82, 2.24) is 10.9 Å². The van der Waals surface area contributed by atoms with Crippen LogP contribution in [0.2, 0.25) is 0 Å². The molecule has 2 aromatic rings. The van der Waals surface area contributed by atoms with Crippen molar-refractivity contribution in [1.29, 1.82) is 0 Å². The molecule has 0 aliphatic heterocycles. The van der Waals surface area contributed by atoms with Crippen LogP contribution in [0.15, 0.2) is 60.7 Å². The maximum Gasteiger partial charge on any atom is 0.270 e. The standard InChI is InChI=1S/C17H15N3O4/c1-12(21)10-16(13-6-3-2-4-7-13)18-19-17(22)14-8-5-9-15(11-14)20(23)24/h2-11,18H,1H3,(H,19,22)/b16-10+. The number of rotatable bonds is 6. The van der Waals surface area contributed by atoms with Crippen molar-refractivity contribution in [2.75, 3.05) is 0 Å². The summed E-state index contributed by atoms with van der Waals surface area (Å²) < 4.78 is 0. The first-order chi connectivity index (χ1) is 11.5. The Bertz CT molecular complexity index is 800. The molecule has 7 heteroatoms. The van der Waals surface area contributed by atoms with E-state index in [9.17, 15) is 19.7 Å². The molecule has 0 aliphatic carbocycles. The first-order valence-corrected chi connectivity index (χ1v) is 7.06. The van der Waals surface area contributed by atoms with E-state index in [1.165, 1.54) is 37.3 Å². The van der Waals surface area contributed by atoms with Gasteiger partial charge in [0.05, 0.1) is 10.6 Å². The van der Waals surface area contributed by atoms with Gasteiger partial charge in [0.15, 0.2) is 5.78 Å². The summed E-state index contributed by atoms with van der Waals surface area (Å²) in [5.41, 5.74) is 6.21. The molecule has 2 aromatic carbocycles. The molecule has 0 fully saturated rings. The Morgan fingerprint density at radius 1 is 1.00 bits per heavy atom. The molecule has 0 atom stereocenters. The third-order valence-electron chi connectivity index (χ3n) is 3.06. The molecule has 0 unspecified atom stereocenters. The summed E-state index contributed by atoms with van der Waals surface area (Å²) in [7, 11) is 0. The zero-order chi connectivity index (χ0) is 17.5. The molecule has 0 aromatic heterocycles. The number of carbonyl (C=O) groups excluding carboxylic acids is 2. The lowest BCUT2D eigenvalue weighted by molar-refractivity contribution is -0.384. The van der Waals surface area contributed by atoms with Crippen LogP contribution >= 0.6 is 0 Å². The Labute approximate surface area is 138 Å². The van der Waals surface area contributed by atoms with Gasteiger partial charge in [0.2, 0.25) is 0 Å². The number of ketones is 1. The van der Waals surface area contributed by atoms with E-state index in [4.69, 9.17) is 0 Å². The van der Waals surface area contributed by atoms with E-state index < -0.39 is 10.8 Å². The Morgan fingerprint density at radius 2 is 1.67 bits per heavy atom. The molecule has 2 N–H and O–H groups in total. The van der Waals surface area contributed by atoms with Crippen molar-refractivity contribution in [2.45, 2.75) is 6.92 Å². The van der Waals surface area contributed by atoms with Crippen molar-refractivity contribution in [3.05, 3.63) is 81.9 Å². The molecule has 0 spiro atoms. The Hall–Kier alpha value is -3.48. The number of nitro groups is 1. The molecule has 0 bridgehead atoms. The monoisotopic (exact) mass is 325 g/mol. The third-order valence-corrected chi connectivity index (χ3v) is 3.06. The highest BCUT2D eigenvalue weighted by Crippen LogP contribution is 2.13. The van der Waals surface area contributed by atoms with Gasteiger partial charge in [-0.2, -0.15) is 0 Å². The van der Waals surface area contributed by atoms with Gasteiger partial charge in [0.25, 0.3) is 11.6 Å². The van der Waals surface area contributed by atoms with Crippen LogP contribution in [0.5, 0.6) is 0 Å². The summed E-state index contributed by atoms with van der Waals surface area (Å²) in [6.45, 7) is 1.40. The molecule has 7 nitrogen and oxygen atoms in total.